The third kappa shape index (κ3) is 2.38. The smallest absolute Gasteiger partial charge is 0.276 e. The maximum atomic E-state index is 12.3. The molecule has 0 radical (unpaired) electrons. The van der Waals surface area contributed by atoms with E-state index in [0.717, 1.165) is 11.1 Å². The second-order valence-corrected chi connectivity index (χ2v) is 5.11. The van der Waals surface area contributed by atoms with Gasteiger partial charge in [-0.25, -0.2) is 4.52 Å². The number of carbonyl (C=O) groups excluding carboxylic acids is 1. The van der Waals surface area contributed by atoms with Crippen molar-refractivity contribution in [1.82, 2.24) is 14.2 Å². The van der Waals surface area contributed by atoms with Gasteiger partial charge in [0.1, 0.15) is 5.52 Å². The van der Waals surface area contributed by atoms with Crippen LogP contribution in [0.2, 0.25) is 0 Å². The van der Waals surface area contributed by atoms with E-state index in [1.54, 1.807) is 30.7 Å². The van der Waals surface area contributed by atoms with E-state index < -0.39 is 0 Å². The molecule has 5 nitrogen and oxygen atoms in total. The highest BCUT2D eigenvalue weighted by atomic mass is 16.1. The molecule has 0 saturated carbocycles. The van der Waals surface area contributed by atoms with Gasteiger partial charge in [0.2, 0.25) is 0 Å². The Morgan fingerprint density at radius 2 is 1.95 bits per heavy atom. The molecule has 2 aromatic heterocycles. The molecule has 0 spiro atoms. The van der Waals surface area contributed by atoms with Gasteiger partial charge in [0.15, 0.2) is 5.78 Å². The lowest BCUT2D eigenvalue weighted by atomic mass is 10.0. The Kier molecular flexibility index (Phi) is 3.17. The van der Waals surface area contributed by atoms with Gasteiger partial charge < -0.3 is 4.57 Å². The second-order valence-electron chi connectivity index (χ2n) is 5.11. The lowest BCUT2D eigenvalue weighted by Crippen LogP contribution is -2.25. The van der Waals surface area contributed by atoms with Gasteiger partial charge in [-0.1, -0.05) is 12.1 Å². The molecule has 0 bridgehead atoms. The van der Waals surface area contributed by atoms with E-state index in [9.17, 15) is 9.59 Å². The van der Waals surface area contributed by atoms with Gasteiger partial charge >= 0.3 is 0 Å². The molecule has 21 heavy (non-hydrogen) atoms. The number of hydrogen-bond acceptors (Lipinski definition) is 3. The SMILES string of the molecule is Cc1ccc(C(=O)Cn2ccn3nccc3c2=O)cc1C. The zero-order valence-electron chi connectivity index (χ0n) is 11.9. The summed E-state index contributed by atoms with van der Waals surface area (Å²) < 4.78 is 2.91. The first-order valence-electron chi connectivity index (χ1n) is 6.69. The van der Waals surface area contributed by atoms with Crippen LogP contribution in [0.25, 0.3) is 5.52 Å². The van der Waals surface area contributed by atoms with Crippen LogP contribution in [0.5, 0.6) is 0 Å². The number of hydrogen-bond donors (Lipinski definition) is 0. The highest BCUT2D eigenvalue weighted by Crippen LogP contribution is 2.11. The minimum Gasteiger partial charge on any atom is -0.304 e. The maximum Gasteiger partial charge on any atom is 0.276 e. The van der Waals surface area contributed by atoms with Crippen molar-refractivity contribution < 1.29 is 4.79 Å². The standard InChI is InChI=1S/C16H15N3O2/c1-11-3-4-13(9-12(11)2)15(20)10-18-7-8-19-14(16(18)21)5-6-17-19/h3-9H,10H2,1-2H3. The largest absolute Gasteiger partial charge is 0.304 e. The molecule has 3 aromatic rings. The third-order valence-electron chi connectivity index (χ3n) is 3.68. The van der Waals surface area contributed by atoms with Crippen molar-refractivity contribution in [2.75, 3.05) is 0 Å². The molecule has 0 aliphatic rings. The summed E-state index contributed by atoms with van der Waals surface area (Å²) in [5, 5.41) is 4.00. The van der Waals surface area contributed by atoms with Gasteiger partial charge in [0, 0.05) is 18.0 Å². The van der Waals surface area contributed by atoms with Crippen molar-refractivity contribution >= 4 is 11.3 Å². The van der Waals surface area contributed by atoms with E-state index in [-0.39, 0.29) is 17.9 Å². The molecule has 106 valence electrons. The van der Waals surface area contributed by atoms with Crippen molar-refractivity contribution in [1.29, 1.82) is 0 Å². The van der Waals surface area contributed by atoms with Crippen molar-refractivity contribution in [3.63, 3.8) is 0 Å². The first kappa shape index (κ1) is 13.3. The van der Waals surface area contributed by atoms with Gasteiger partial charge in [-0.2, -0.15) is 5.10 Å². The highest BCUT2D eigenvalue weighted by Gasteiger charge is 2.10. The summed E-state index contributed by atoms with van der Waals surface area (Å²) in [6.45, 7) is 4.00. The lowest BCUT2D eigenvalue weighted by Gasteiger charge is -2.07. The number of benzene rings is 1. The number of nitrogens with zero attached hydrogens (tertiary/aromatic N) is 3. The van der Waals surface area contributed by atoms with Gasteiger partial charge in [0.25, 0.3) is 5.56 Å². The first-order chi connectivity index (χ1) is 10.1. The summed E-state index contributed by atoms with van der Waals surface area (Å²) in [6.07, 6.45) is 4.82. The van der Waals surface area contributed by atoms with Crippen LogP contribution < -0.4 is 5.56 Å². The van der Waals surface area contributed by atoms with Crippen LogP contribution in [-0.2, 0) is 6.54 Å². The van der Waals surface area contributed by atoms with E-state index >= 15 is 0 Å². The van der Waals surface area contributed by atoms with E-state index in [0.29, 0.717) is 11.1 Å². The molecule has 1 aromatic carbocycles. The highest BCUT2D eigenvalue weighted by molar-refractivity contribution is 5.96. The summed E-state index contributed by atoms with van der Waals surface area (Å²) in [6, 6.07) is 7.22. The molecule has 0 N–H and O–H groups in total. The van der Waals surface area contributed by atoms with Gasteiger partial charge in [-0.3, -0.25) is 9.59 Å². The quantitative estimate of drug-likeness (QED) is 0.690. The molecule has 0 saturated heterocycles. The first-order valence-corrected chi connectivity index (χ1v) is 6.69. The Morgan fingerprint density at radius 3 is 2.71 bits per heavy atom. The molecule has 5 heteroatoms. The molecular weight excluding hydrogens is 266 g/mol. The second kappa shape index (κ2) is 5.01. The monoisotopic (exact) mass is 281 g/mol. The third-order valence-corrected chi connectivity index (χ3v) is 3.68. The van der Waals surface area contributed by atoms with Crippen LogP contribution in [0.15, 0.2) is 47.7 Å². The van der Waals surface area contributed by atoms with E-state index in [1.807, 2.05) is 26.0 Å². The zero-order valence-corrected chi connectivity index (χ0v) is 11.9. The Morgan fingerprint density at radius 1 is 1.14 bits per heavy atom. The molecule has 2 heterocycles. The normalized spacial score (nSPS) is 11.0. The molecule has 3 rings (SSSR count). The van der Waals surface area contributed by atoms with Crippen LogP contribution in [0.3, 0.4) is 0 Å². The molecule has 0 amide bonds. The van der Waals surface area contributed by atoms with Crippen LogP contribution >= 0.6 is 0 Å². The predicted octanol–water partition coefficient (Wildman–Crippen LogP) is 2.00. The number of rotatable bonds is 3. The summed E-state index contributed by atoms with van der Waals surface area (Å²) in [7, 11) is 0. The van der Waals surface area contributed by atoms with Crippen LogP contribution in [0.4, 0.5) is 0 Å². The van der Waals surface area contributed by atoms with Gasteiger partial charge in [-0.05, 0) is 37.1 Å². The topological polar surface area (TPSA) is 56.4 Å². The maximum absolute atomic E-state index is 12.3. The molecule has 0 unspecified atom stereocenters. The number of aromatic nitrogens is 3. The Labute approximate surface area is 121 Å². The molecule has 0 aliphatic heterocycles. The van der Waals surface area contributed by atoms with Crippen molar-refractivity contribution in [3.8, 4) is 0 Å². The number of aryl methyl sites for hydroxylation is 2. The molecule has 0 fully saturated rings. The summed E-state index contributed by atoms with van der Waals surface area (Å²) >= 11 is 0. The minimum absolute atomic E-state index is 0.0308. The number of ketones is 1. The minimum atomic E-state index is -0.216. The average molecular weight is 281 g/mol. The Balaban J connectivity index is 1.94. The summed E-state index contributed by atoms with van der Waals surface area (Å²) in [4.78, 5) is 24.5. The Bertz CT molecular complexity index is 890. The lowest BCUT2D eigenvalue weighted by molar-refractivity contribution is 0.0971. The number of Topliss-reactive ketones (excluding diaryl/α,β-unsaturated/α-hetero) is 1. The summed E-state index contributed by atoms with van der Waals surface area (Å²) in [5.74, 6) is -0.0796. The van der Waals surface area contributed by atoms with Crippen LogP contribution in [0.1, 0.15) is 21.5 Å². The molecule has 0 aliphatic carbocycles. The van der Waals surface area contributed by atoms with Gasteiger partial charge in [0.05, 0.1) is 12.7 Å². The van der Waals surface area contributed by atoms with E-state index in [2.05, 4.69) is 5.10 Å². The fraction of sp³-hybridized carbons (Fsp3) is 0.188. The fourth-order valence-corrected chi connectivity index (χ4v) is 2.25. The van der Waals surface area contributed by atoms with Crippen molar-refractivity contribution in [2.24, 2.45) is 0 Å². The van der Waals surface area contributed by atoms with Crippen molar-refractivity contribution in [3.05, 3.63) is 69.9 Å². The van der Waals surface area contributed by atoms with Crippen LogP contribution in [0, 0.1) is 13.8 Å². The summed E-state index contributed by atoms with van der Waals surface area (Å²) in [5.41, 5.74) is 3.08. The van der Waals surface area contributed by atoms with Gasteiger partial charge in [-0.15, -0.1) is 0 Å². The van der Waals surface area contributed by atoms with Crippen LogP contribution in [-0.4, -0.2) is 20.0 Å². The Hall–Kier alpha value is -2.69. The number of fused-ring (bicyclic) bond motifs is 1. The average Bonchev–Trinajstić information content (AvgIpc) is 2.94. The fourth-order valence-electron chi connectivity index (χ4n) is 2.25. The van der Waals surface area contributed by atoms with E-state index in [4.69, 9.17) is 0 Å². The predicted molar refractivity (Wildman–Crippen MR) is 79.7 cm³/mol. The zero-order chi connectivity index (χ0) is 15.0. The van der Waals surface area contributed by atoms with Crippen molar-refractivity contribution in [2.45, 2.75) is 20.4 Å². The molecule has 0 atom stereocenters. The molecular formula is C16H15N3O2. The van der Waals surface area contributed by atoms with E-state index in [1.165, 1.54) is 9.08 Å². The number of carbonyl (C=O) groups is 1.